The van der Waals surface area contributed by atoms with Gasteiger partial charge in [0, 0.05) is 30.3 Å². The van der Waals surface area contributed by atoms with Crippen molar-refractivity contribution in [1.29, 1.82) is 0 Å². The highest BCUT2D eigenvalue weighted by Crippen LogP contribution is 2.24. The van der Waals surface area contributed by atoms with Crippen LogP contribution >= 0.6 is 0 Å². The van der Waals surface area contributed by atoms with Crippen molar-refractivity contribution in [2.24, 2.45) is 5.92 Å². The van der Waals surface area contributed by atoms with Crippen LogP contribution in [-0.4, -0.2) is 48.1 Å². The van der Waals surface area contributed by atoms with Crippen LogP contribution in [0.25, 0.3) is 11.5 Å². The maximum Gasteiger partial charge on any atom is 0.257 e. The Bertz CT molecular complexity index is 870. The Labute approximate surface area is 146 Å². The van der Waals surface area contributed by atoms with E-state index in [9.17, 15) is 13.2 Å². The predicted molar refractivity (Wildman–Crippen MR) is 92.2 cm³/mol. The van der Waals surface area contributed by atoms with Crippen LogP contribution in [0.2, 0.25) is 0 Å². The van der Waals surface area contributed by atoms with Gasteiger partial charge in [-0.1, -0.05) is 11.2 Å². The molecule has 0 saturated carbocycles. The largest absolute Gasteiger partial charge is 0.334 e. The SMILES string of the molecule is Cc1noc(-c2cccc(NC(=O)C3CCN(S(C)(=O)=O)CC3)c2)n1. The van der Waals surface area contributed by atoms with E-state index in [0.29, 0.717) is 43.3 Å². The van der Waals surface area contributed by atoms with Gasteiger partial charge >= 0.3 is 0 Å². The second kappa shape index (κ2) is 6.93. The molecule has 2 heterocycles. The van der Waals surface area contributed by atoms with Gasteiger partial charge in [-0.2, -0.15) is 4.98 Å². The van der Waals surface area contributed by atoms with Crippen molar-refractivity contribution in [3.63, 3.8) is 0 Å². The summed E-state index contributed by atoms with van der Waals surface area (Å²) in [5.74, 6) is 0.636. The van der Waals surface area contributed by atoms with E-state index in [2.05, 4.69) is 15.5 Å². The number of rotatable bonds is 4. The molecule has 1 fully saturated rings. The summed E-state index contributed by atoms with van der Waals surface area (Å²) in [5.41, 5.74) is 1.37. The van der Waals surface area contributed by atoms with Gasteiger partial charge in [-0.25, -0.2) is 12.7 Å². The number of nitrogens with zero attached hydrogens (tertiary/aromatic N) is 3. The average molecular weight is 364 g/mol. The van der Waals surface area contributed by atoms with Crippen molar-refractivity contribution < 1.29 is 17.7 Å². The summed E-state index contributed by atoms with van der Waals surface area (Å²) in [6.45, 7) is 2.48. The number of aromatic nitrogens is 2. The Kier molecular flexibility index (Phi) is 4.87. The Balaban J connectivity index is 1.64. The summed E-state index contributed by atoms with van der Waals surface area (Å²) in [6.07, 6.45) is 2.22. The number of piperidine rings is 1. The number of carbonyl (C=O) groups excluding carboxylic acids is 1. The number of carbonyl (C=O) groups is 1. The molecule has 0 aliphatic carbocycles. The molecular formula is C16H20N4O4S. The molecule has 0 unspecified atom stereocenters. The van der Waals surface area contributed by atoms with Crippen LogP contribution in [0.1, 0.15) is 18.7 Å². The van der Waals surface area contributed by atoms with E-state index in [0.717, 1.165) is 5.56 Å². The van der Waals surface area contributed by atoms with E-state index in [1.807, 2.05) is 6.07 Å². The minimum atomic E-state index is -3.19. The number of amides is 1. The highest BCUT2D eigenvalue weighted by Gasteiger charge is 2.28. The molecule has 3 rings (SSSR count). The molecule has 134 valence electrons. The number of nitrogens with one attached hydrogen (secondary N) is 1. The van der Waals surface area contributed by atoms with Crippen molar-refractivity contribution in [1.82, 2.24) is 14.4 Å². The van der Waals surface area contributed by atoms with E-state index < -0.39 is 10.0 Å². The van der Waals surface area contributed by atoms with Crippen LogP contribution in [0, 0.1) is 12.8 Å². The van der Waals surface area contributed by atoms with Gasteiger partial charge in [0.05, 0.1) is 6.26 Å². The summed E-state index contributed by atoms with van der Waals surface area (Å²) >= 11 is 0. The second-order valence-electron chi connectivity index (χ2n) is 6.15. The van der Waals surface area contributed by atoms with Gasteiger partial charge < -0.3 is 9.84 Å². The van der Waals surface area contributed by atoms with Crippen molar-refractivity contribution in [2.75, 3.05) is 24.7 Å². The fraction of sp³-hybridized carbons (Fsp3) is 0.438. The molecule has 1 N–H and O–H groups in total. The average Bonchev–Trinajstić information content (AvgIpc) is 3.01. The minimum absolute atomic E-state index is 0.105. The van der Waals surface area contributed by atoms with Gasteiger partial charge in [0.2, 0.25) is 15.9 Å². The Morgan fingerprint density at radius 1 is 1.32 bits per heavy atom. The topological polar surface area (TPSA) is 105 Å². The summed E-state index contributed by atoms with van der Waals surface area (Å²) in [5, 5.41) is 6.64. The zero-order valence-electron chi connectivity index (χ0n) is 14.1. The first-order chi connectivity index (χ1) is 11.8. The van der Waals surface area contributed by atoms with Gasteiger partial charge in [-0.05, 0) is 38.0 Å². The first kappa shape index (κ1) is 17.6. The molecule has 1 aromatic carbocycles. The lowest BCUT2D eigenvalue weighted by Gasteiger charge is -2.29. The van der Waals surface area contributed by atoms with E-state index >= 15 is 0 Å². The lowest BCUT2D eigenvalue weighted by atomic mass is 9.97. The number of sulfonamides is 1. The highest BCUT2D eigenvalue weighted by molar-refractivity contribution is 7.88. The molecule has 1 amide bonds. The van der Waals surface area contributed by atoms with Crippen LogP contribution in [0.3, 0.4) is 0 Å². The molecule has 8 nitrogen and oxygen atoms in total. The van der Waals surface area contributed by atoms with Gasteiger partial charge in [0.25, 0.3) is 5.89 Å². The first-order valence-corrected chi connectivity index (χ1v) is 9.84. The molecule has 1 saturated heterocycles. The molecule has 1 aromatic heterocycles. The maximum atomic E-state index is 12.4. The fourth-order valence-electron chi connectivity index (χ4n) is 2.84. The first-order valence-electron chi connectivity index (χ1n) is 7.99. The highest BCUT2D eigenvalue weighted by atomic mass is 32.2. The van der Waals surface area contributed by atoms with Gasteiger partial charge in [-0.3, -0.25) is 4.79 Å². The van der Waals surface area contributed by atoms with Crippen molar-refractivity contribution >= 4 is 21.6 Å². The number of hydrogen-bond acceptors (Lipinski definition) is 6. The maximum absolute atomic E-state index is 12.4. The normalized spacial score (nSPS) is 16.7. The molecule has 0 radical (unpaired) electrons. The molecule has 9 heteroatoms. The Hall–Kier alpha value is -2.26. The predicted octanol–water partition coefficient (Wildman–Crippen LogP) is 1.66. The molecule has 1 aliphatic rings. The Morgan fingerprint density at radius 2 is 2.04 bits per heavy atom. The molecule has 1 aliphatic heterocycles. The lowest BCUT2D eigenvalue weighted by Crippen LogP contribution is -2.40. The van der Waals surface area contributed by atoms with Gasteiger partial charge in [0.1, 0.15) is 0 Å². The van der Waals surface area contributed by atoms with Crippen LogP contribution in [0.5, 0.6) is 0 Å². The van der Waals surface area contributed by atoms with Crippen molar-refractivity contribution in [3.8, 4) is 11.5 Å². The van der Waals surface area contributed by atoms with Gasteiger partial charge in [-0.15, -0.1) is 0 Å². The van der Waals surface area contributed by atoms with E-state index in [4.69, 9.17) is 4.52 Å². The van der Waals surface area contributed by atoms with Crippen LogP contribution < -0.4 is 5.32 Å². The third kappa shape index (κ3) is 4.23. The quantitative estimate of drug-likeness (QED) is 0.884. The van der Waals surface area contributed by atoms with Gasteiger partial charge in [0.15, 0.2) is 5.82 Å². The monoisotopic (exact) mass is 364 g/mol. The number of benzene rings is 1. The van der Waals surface area contributed by atoms with Crippen LogP contribution in [0.15, 0.2) is 28.8 Å². The molecule has 2 aromatic rings. The smallest absolute Gasteiger partial charge is 0.257 e. The van der Waals surface area contributed by atoms with Crippen molar-refractivity contribution in [3.05, 3.63) is 30.1 Å². The number of hydrogen-bond donors (Lipinski definition) is 1. The van der Waals surface area contributed by atoms with E-state index in [1.54, 1.807) is 25.1 Å². The number of anilines is 1. The minimum Gasteiger partial charge on any atom is -0.334 e. The molecule has 25 heavy (non-hydrogen) atoms. The van der Waals surface area contributed by atoms with Crippen LogP contribution in [-0.2, 0) is 14.8 Å². The molecule has 0 spiro atoms. The summed E-state index contributed by atoms with van der Waals surface area (Å²) in [7, 11) is -3.19. The third-order valence-corrected chi connectivity index (χ3v) is 5.50. The second-order valence-corrected chi connectivity index (χ2v) is 8.14. The fourth-order valence-corrected chi connectivity index (χ4v) is 3.71. The Morgan fingerprint density at radius 3 is 2.64 bits per heavy atom. The summed E-state index contributed by atoms with van der Waals surface area (Å²) in [4.78, 5) is 16.6. The lowest BCUT2D eigenvalue weighted by molar-refractivity contribution is -0.120. The van der Waals surface area contributed by atoms with E-state index in [1.165, 1.54) is 10.6 Å². The molecular weight excluding hydrogens is 344 g/mol. The zero-order chi connectivity index (χ0) is 18.0. The standard InChI is InChI=1S/C16H20N4O4S/c1-11-17-16(24-19-11)13-4-3-5-14(10-13)18-15(21)12-6-8-20(9-7-12)25(2,22)23/h3-5,10,12H,6-9H2,1-2H3,(H,18,21). The molecule has 0 bridgehead atoms. The third-order valence-electron chi connectivity index (χ3n) is 4.20. The molecule has 0 atom stereocenters. The summed E-state index contributed by atoms with van der Waals surface area (Å²) < 4.78 is 29.6. The van der Waals surface area contributed by atoms with Crippen molar-refractivity contribution in [2.45, 2.75) is 19.8 Å². The summed E-state index contributed by atoms with van der Waals surface area (Å²) in [6, 6.07) is 7.19. The zero-order valence-corrected chi connectivity index (χ0v) is 14.9. The van der Waals surface area contributed by atoms with Crippen LogP contribution in [0.4, 0.5) is 5.69 Å². The van der Waals surface area contributed by atoms with E-state index in [-0.39, 0.29) is 11.8 Å². The number of aryl methyl sites for hydroxylation is 1.